The zero-order valence-corrected chi connectivity index (χ0v) is 13.6. The van der Waals surface area contributed by atoms with Crippen molar-refractivity contribution in [3.05, 3.63) is 90.1 Å². The molecule has 122 valence electrons. The summed E-state index contributed by atoms with van der Waals surface area (Å²) in [5, 5.41) is 0.942. The summed E-state index contributed by atoms with van der Waals surface area (Å²) < 4.78 is 5.83. The molecule has 0 amide bonds. The molecule has 1 heterocycles. The Morgan fingerprint density at radius 3 is 2.40 bits per heavy atom. The van der Waals surface area contributed by atoms with Gasteiger partial charge in [-0.15, -0.1) is 0 Å². The standard InChI is InChI=1S/C22H17NO2/c24-14-19-13-23-22-11-8-18(12-21(19)22)17-6-9-20(10-7-17)25-15-16-4-2-1-3-5-16/h1-14,23H,15H2. The number of benzene rings is 3. The summed E-state index contributed by atoms with van der Waals surface area (Å²) in [4.78, 5) is 14.2. The molecule has 25 heavy (non-hydrogen) atoms. The van der Waals surface area contributed by atoms with Gasteiger partial charge in [0.05, 0.1) is 0 Å². The van der Waals surface area contributed by atoms with Crippen molar-refractivity contribution in [2.75, 3.05) is 0 Å². The van der Waals surface area contributed by atoms with Gasteiger partial charge in [0, 0.05) is 22.7 Å². The highest BCUT2D eigenvalue weighted by Crippen LogP contribution is 2.27. The van der Waals surface area contributed by atoms with Crippen LogP contribution in [0.3, 0.4) is 0 Å². The minimum atomic E-state index is 0.554. The summed E-state index contributed by atoms with van der Waals surface area (Å²) in [6.07, 6.45) is 2.62. The molecule has 4 aromatic rings. The van der Waals surface area contributed by atoms with Crippen LogP contribution in [-0.4, -0.2) is 11.3 Å². The number of aromatic amines is 1. The minimum absolute atomic E-state index is 0.554. The van der Waals surface area contributed by atoms with Crippen LogP contribution < -0.4 is 4.74 Å². The van der Waals surface area contributed by atoms with Crippen molar-refractivity contribution in [2.24, 2.45) is 0 Å². The molecular weight excluding hydrogens is 310 g/mol. The smallest absolute Gasteiger partial charge is 0.152 e. The van der Waals surface area contributed by atoms with E-state index in [-0.39, 0.29) is 0 Å². The summed E-state index contributed by atoms with van der Waals surface area (Å²) >= 11 is 0. The van der Waals surface area contributed by atoms with Crippen LogP contribution in [0, 0.1) is 0 Å². The Hall–Kier alpha value is -3.33. The maximum absolute atomic E-state index is 11.1. The maximum Gasteiger partial charge on any atom is 0.152 e. The van der Waals surface area contributed by atoms with Gasteiger partial charge in [-0.05, 0) is 41.0 Å². The fourth-order valence-corrected chi connectivity index (χ4v) is 2.90. The van der Waals surface area contributed by atoms with Gasteiger partial charge in [0.15, 0.2) is 6.29 Å². The lowest BCUT2D eigenvalue weighted by Gasteiger charge is -2.08. The molecule has 0 spiro atoms. The van der Waals surface area contributed by atoms with Gasteiger partial charge in [-0.2, -0.15) is 0 Å². The Balaban J connectivity index is 1.54. The second-order valence-corrected chi connectivity index (χ2v) is 5.92. The van der Waals surface area contributed by atoms with E-state index in [4.69, 9.17) is 4.74 Å². The largest absolute Gasteiger partial charge is 0.489 e. The van der Waals surface area contributed by atoms with Crippen LogP contribution in [0.1, 0.15) is 15.9 Å². The molecule has 0 radical (unpaired) electrons. The molecule has 0 aliphatic rings. The molecule has 0 saturated heterocycles. The highest BCUT2D eigenvalue weighted by Gasteiger charge is 2.05. The average Bonchev–Trinajstić information content (AvgIpc) is 3.10. The van der Waals surface area contributed by atoms with Crippen LogP contribution in [-0.2, 0) is 6.61 Å². The zero-order valence-electron chi connectivity index (χ0n) is 13.6. The fraction of sp³-hybridized carbons (Fsp3) is 0.0455. The van der Waals surface area contributed by atoms with Gasteiger partial charge in [0.2, 0.25) is 0 Å². The van der Waals surface area contributed by atoms with Gasteiger partial charge in [-0.25, -0.2) is 0 Å². The number of ether oxygens (including phenoxy) is 1. The zero-order chi connectivity index (χ0) is 17.1. The molecule has 4 rings (SSSR count). The third-order valence-electron chi connectivity index (χ3n) is 4.28. The lowest BCUT2D eigenvalue weighted by Crippen LogP contribution is -1.94. The van der Waals surface area contributed by atoms with E-state index in [0.29, 0.717) is 12.2 Å². The molecule has 0 unspecified atom stereocenters. The van der Waals surface area contributed by atoms with Crippen molar-refractivity contribution >= 4 is 17.2 Å². The topological polar surface area (TPSA) is 42.1 Å². The molecular formula is C22H17NO2. The molecule has 0 atom stereocenters. The number of hydrogen-bond acceptors (Lipinski definition) is 2. The lowest BCUT2D eigenvalue weighted by molar-refractivity contribution is 0.112. The van der Waals surface area contributed by atoms with Crippen molar-refractivity contribution in [2.45, 2.75) is 6.61 Å². The quantitative estimate of drug-likeness (QED) is 0.510. The SMILES string of the molecule is O=Cc1c[nH]c2ccc(-c3ccc(OCc4ccccc4)cc3)cc12. The Morgan fingerprint density at radius 2 is 1.64 bits per heavy atom. The third-order valence-corrected chi connectivity index (χ3v) is 4.28. The summed E-state index contributed by atoms with van der Waals surface area (Å²) in [6.45, 7) is 0.554. The Bertz CT molecular complexity index is 1000. The van der Waals surface area contributed by atoms with Crippen molar-refractivity contribution in [3.63, 3.8) is 0 Å². The van der Waals surface area contributed by atoms with Gasteiger partial charge in [0.25, 0.3) is 0 Å². The molecule has 0 aliphatic heterocycles. The van der Waals surface area contributed by atoms with Gasteiger partial charge >= 0.3 is 0 Å². The van der Waals surface area contributed by atoms with E-state index < -0.39 is 0 Å². The highest BCUT2D eigenvalue weighted by molar-refractivity contribution is 5.99. The van der Waals surface area contributed by atoms with E-state index in [1.807, 2.05) is 72.8 Å². The predicted octanol–water partition coefficient (Wildman–Crippen LogP) is 5.23. The normalized spacial score (nSPS) is 10.7. The van der Waals surface area contributed by atoms with Crippen LogP contribution >= 0.6 is 0 Å². The van der Waals surface area contributed by atoms with E-state index in [9.17, 15) is 4.79 Å². The molecule has 0 aliphatic carbocycles. The van der Waals surface area contributed by atoms with Crippen LogP contribution in [0.25, 0.3) is 22.0 Å². The van der Waals surface area contributed by atoms with Gasteiger partial charge < -0.3 is 9.72 Å². The number of rotatable bonds is 5. The van der Waals surface area contributed by atoms with Crippen molar-refractivity contribution < 1.29 is 9.53 Å². The first kappa shape index (κ1) is 15.2. The van der Waals surface area contributed by atoms with E-state index in [0.717, 1.165) is 39.6 Å². The minimum Gasteiger partial charge on any atom is -0.489 e. The summed E-state index contributed by atoms with van der Waals surface area (Å²) in [6, 6.07) is 24.2. The molecule has 3 heteroatoms. The number of H-pyrrole nitrogens is 1. The number of carbonyl (C=O) groups excluding carboxylic acids is 1. The highest BCUT2D eigenvalue weighted by atomic mass is 16.5. The Morgan fingerprint density at radius 1 is 0.880 bits per heavy atom. The maximum atomic E-state index is 11.1. The first-order valence-electron chi connectivity index (χ1n) is 8.17. The monoisotopic (exact) mass is 327 g/mol. The van der Waals surface area contributed by atoms with E-state index >= 15 is 0 Å². The van der Waals surface area contributed by atoms with Crippen molar-refractivity contribution in [1.82, 2.24) is 4.98 Å². The Kier molecular flexibility index (Phi) is 4.05. The third kappa shape index (κ3) is 3.17. The number of hydrogen-bond donors (Lipinski definition) is 1. The molecule has 1 N–H and O–H groups in total. The number of nitrogens with one attached hydrogen (secondary N) is 1. The van der Waals surface area contributed by atoms with Gasteiger partial charge in [0.1, 0.15) is 12.4 Å². The molecule has 3 nitrogen and oxygen atoms in total. The molecule has 3 aromatic carbocycles. The molecule has 0 fully saturated rings. The number of aromatic nitrogens is 1. The number of aldehydes is 1. The molecule has 0 saturated carbocycles. The number of carbonyl (C=O) groups is 1. The first-order valence-corrected chi connectivity index (χ1v) is 8.17. The Labute approximate surface area is 145 Å². The lowest BCUT2D eigenvalue weighted by atomic mass is 10.0. The van der Waals surface area contributed by atoms with E-state index in [2.05, 4.69) is 4.98 Å². The summed E-state index contributed by atoms with van der Waals surface area (Å²) in [5.74, 6) is 0.837. The fourth-order valence-electron chi connectivity index (χ4n) is 2.90. The second-order valence-electron chi connectivity index (χ2n) is 5.92. The van der Waals surface area contributed by atoms with Crippen LogP contribution in [0.15, 0.2) is 79.0 Å². The van der Waals surface area contributed by atoms with Crippen LogP contribution in [0.4, 0.5) is 0 Å². The summed E-state index contributed by atoms with van der Waals surface area (Å²) in [7, 11) is 0. The predicted molar refractivity (Wildman–Crippen MR) is 99.9 cm³/mol. The van der Waals surface area contributed by atoms with Crippen molar-refractivity contribution in [3.8, 4) is 16.9 Å². The molecule has 0 bridgehead atoms. The molecule has 1 aromatic heterocycles. The van der Waals surface area contributed by atoms with Gasteiger partial charge in [-0.1, -0.05) is 48.5 Å². The number of fused-ring (bicyclic) bond motifs is 1. The second kappa shape index (κ2) is 6.65. The van der Waals surface area contributed by atoms with Crippen LogP contribution in [0.5, 0.6) is 5.75 Å². The van der Waals surface area contributed by atoms with E-state index in [1.165, 1.54) is 0 Å². The van der Waals surface area contributed by atoms with Crippen molar-refractivity contribution in [1.29, 1.82) is 0 Å². The van der Waals surface area contributed by atoms with Crippen LogP contribution in [0.2, 0.25) is 0 Å². The van der Waals surface area contributed by atoms with Gasteiger partial charge in [-0.3, -0.25) is 4.79 Å². The van der Waals surface area contributed by atoms with E-state index in [1.54, 1.807) is 6.20 Å². The summed E-state index contributed by atoms with van der Waals surface area (Å²) in [5.41, 5.74) is 4.95. The first-order chi connectivity index (χ1) is 12.3. The average molecular weight is 327 g/mol.